The normalized spacial score (nSPS) is 26.0. The molecule has 2 aromatic rings. The second-order valence-corrected chi connectivity index (χ2v) is 9.80. The predicted molar refractivity (Wildman–Crippen MR) is 106 cm³/mol. The van der Waals surface area contributed by atoms with Gasteiger partial charge in [-0.3, -0.25) is 4.79 Å². The molecule has 29 heavy (non-hydrogen) atoms. The molecule has 1 saturated heterocycles. The molecule has 0 bridgehead atoms. The van der Waals surface area contributed by atoms with Gasteiger partial charge in [0.2, 0.25) is 21.8 Å². The summed E-state index contributed by atoms with van der Waals surface area (Å²) in [5, 5.41) is 0. The van der Waals surface area contributed by atoms with Gasteiger partial charge in [-0.1, -0.05) is 36.8 Å². The monoisotopic (exact) mass is 413 g/mol. The van der Waals surface area contributed by atoms with Gasteiger partial charge in [0.1, 0.15) is 11.0 Å². The average molecular weight is 413 g/mol. The number of aromatic nitrogens is 1. The Kier molecular flexibility index (Phi) is 4.55. The maximum atomic E-state index is 13.6. The molecule has 2 fully saturated rings. The van der Waals surface area contributed by atoms with E-state index in [0.717, 1.165) is 24.8 Å². The molecule has 0 unspecified atom stereocenters. The fraction of sp³-hybridized carbons (Fsp3) is 0.429. The number of carbonyl (C=O) groups excluding carboxylic acids is 1. The van der Waals surface area contributed by atoms with E-state index in [9.17, 15) is 13.2 Å². The zero-order chi connectivity index (χ0) is 20.0. The lowest BCUT2D eigenvalue weighted by atomic mass is 9.84. The number of nitrogens with zero attached hydrogens (tertiary/aromatic N) is 3. The molecule has 2 aliphatic heterocycles. The molecular formula is C21H23N3O4S. The molecule has 3 aliphatic rings. The van der Waals surface area contributed by atoms with Gasteiger partial charge in [0.15, 0.2) is 0 Å². The van der Waals surface area contributed by atoms with E-state index < -0.39 is 22.2 Å². The van der Waals surface area contributed by atoms with Gasteiger partial charge >= 0.3 is 0 Å². The molecule has 7 nitrogen and oxygen atoms in total. The van der Waals surface area contributed by atoms with Crippen molar-refractivity contribution in [1.29, 1.82) is 0 Å². The van der Waals surface area contributed by atoms with E-state index in [1.807, 2.05) is 30.3 Å². The Morgan fingerprint density at radius 1 is 1.10 bits per heavy atom. The first-order chi connectivity index (χ1) is 14.0. The zero-order valence-corrected chi connectivity index (χ0v) is 16.8. The van der Waals surface area contributed by atoms with Crippen molar-refractivity contribution in [2.75, 3.05) is 13.1 Å². The second kappa shape index (κ2) is 7.11. The highest BCUT2D eigenvalue weighted by Gasteiger charge is 2.49. The Labute approximate surface area is 170 Å². The Hall–Kier alpha value is -2.45. The summed E-state index contributed by atoms with van der Waals surface area (Å²) in [5.41, 5.74) is 0.894. The van der Waals surface area contributed by atoms with Crippen LogP contribution >= 0.6 is 0 Å². The fourth-order valence-electron chi connectivity index (χ4n) is 4.32. The topological polar surface area (TPSA) is 79.8 Å². The Morgan fingerprint density at radius 3 is 2.62 bits per heavy atom. The van der Waals surface area contributed by atoms with Crippen molar-refractivity contribution in [3.05, 3.63) is 54.2 Å². The SMILES string of the molecule is O=C(C1CCC1)N1C[C@@H]2Oc3ncccc3S(=O)(=O)N(Cc3ccccc3)[C@@H]2C1. The molecule has 8 heteroatoms. The molecule has 1 aromatic heterocycles. The number of hydrogen-bond donors (Lipinski definition) is 0. The van der Waals surface area contributed by atoms with E-state index in [4.69, 9.17) is 4.74 Å². The molecule has 0 N–H and O–H groups in total. The minimum absolute atomic E-state index is 0.0712. The summed E-state index contributed by atoms with van der Waals surface area (Å²) in [7, 11) is -3.82. The first-order valence-electron chi connectivity index (χ1n) is 10.0. The van der Waals surface area contributed by atoms with E-state index in [2.05, 4.69) is 4.98 Å². The van der Waals surface area contributed by atoms with Crippen molar-refractivity contribution in [2.24, 2.45) is 5.92 Å². The summed E-state index contributed by atoms with van der Waals surface area (Å²) < 4.78 is 34.7. The first-order valence-corrected chi connectivity index (χ1v) is 11.4. The smallest absolute Gasteiger partial charge is 0.249 e. The summed E-state index contributed by atoms with van der Waals surface area (Å²) in [4.78, 5) is 18.9. The standard InChI is InChI=1S/C21H23N3O4S/c25-21(16-8-4-9-16)23-13-17-18(14-23)28-20-19(10-5-11-22-20)29(26,27)24(17)12-15-6-2-1-3-7-15/h1-3,5-7,10-11,16-18H,4,8-9,12-14H2/t17-,18+/m1/s1. The highest BCUT2D eigenvalue weighted by molar-refractivity contribution is 7.89. The van der Waals surface area contributed by atoms with Gasteiger partial charge in [0.05, 0.1) is 12.6 Å². The first kappa shape index (κ1) is 18.6. The number of amides is 1. The third-order valence-corrected chi connectivity index (χ3v) is 8.02. The molecule has 2 atom stereocenters. The van der Waals surface area contributed by atoms with Crippen LogP contribution in [0, 0.1) is 5.92 Å². The number of pyridine rings is 1. The van der Waals surface area contributed by atoms with E-state index in [1.165, 1.54) is 16.6 Å². The average Bonchev–Trinajstić information content (AvgIpc) is 3.06. The Morgan fingerprint density at radius 2 is 1.90 bits per heavy atom. The van der Waals surface area contributed by atoms with Gasteiger partial charge in [-0.05, 0) is 30.5 Å². The van der Waals surface area contributed by atoms with Gasteiger partial charge in [0.25, 0.3) is 0 Å². The maximum absolute atomic E-state index is 13.6. The van der Waals surface area contributed by atoms with E-state index >= 15 is 0 Å². The van der Waals surface area contributed by atoms with Gasteiger partial charge < -0.3 is 9.64 Å². The maximum Gasteiger partial charge on any atom is 0.249 e. The minimum atomic E-state index is -3.82. The van der Waals surface area contributed by atoms with Crippen LogP contribution in [0.25, 0.3) is 0 Å². The third-order valence-electron chi connectivity index (χ3n) is 6.14. The van der Waals surface area contributed by atoms with E-state index in [-0.39, 0.29) is 29.1 Å². The third kappa shape index (κ3) is 3.20. The van der Waals surface area contributed by atoms with Crippen LogP contribution in [-0.2, 0) is 21.4 Å². The lowest BCUT2D eigenvalue weighted by molar-refractivity contribution is -0.137. The summed E-state index contributed by atoms with van der Waals surface area (Å²) >= 11 is 0. The van der Waals surface area contributed by atoms with Crippen molar-refractivity contribution in [1.82, 2.24) is 14.2 Å². The molecule has 1 amide bonds. The van der Waals surface area contributed by atoms with E-state index in [1.54, 1.807) is 11.0 Å². The Balaban J connectivity index is 1.53. The zero-order valence-electron chi connectivity index (χ0n) is 16.0. The predicted octanol–water partition coefficient (Wildman–Crippen LogP) is 2.04. The van der Waals surface area contributed by atoms with Crippen LogP contribution in [0.15, 0.2) is 53.6 Å². The number of rotatable bonds is 3. The van der Waals surface area contributed by atoms with Crippen LogP contribution in [0.1, 0.15) is 24.8 Å². The molecule has 1 aromatic carbocycles. The number of carbonyl (C=O) groups is 1. The lowest BCUT2D eigenvalue weighted by Crippen LogP contribution is -2.46. The van der Waals surface area contributed by atoms with Crippen LogP contribution in [0.2, 0.25) is 0 Å². The number of sulfonamides is 1. The van der Waals surface area contributed by atoms with Gasteiger partial charge in [0, 0.05) is 25.2 Å². The lowest BCUT2D eigenvalue weighted by Gasteiger charge is -2.30. The van der Waals surface area contributed by atoms with Crippen molar-refractivity contribution in [3.8, 4) is 5.88 Å². The molecule has 5 rings (SSSR count). The number of benzene rings is 1. The molecule has 3 heterocycles. The fourth-order valence-corrected chi connectivity index (χ4v) is 6.02. The Bertz CT molecular complexity index is 1020. The highest BCUT2D eigenvalue weighted by atomic mass is 32.2. The molecule has 0 radical (unpaired) electrons. The van der Waals surface area contributed by atoms with Gasteiger partial charge in [-0.25, -0.2) is 13.4 Å². The van der Waals surface area contributed by atoms with Crippen molar-refractivity contribution < 1.29 is 17.9 Å². The molecule has 1 saturated carbocycles. The number of ether oxygens (including phenoxy) is 1. The largest absolute Gasteiger partial charge is 0.470 e. The number of likely N-dealkylation sites (tertiary alicyclic amines) is 1. The summed E-state index contributed by atoms with van der Waals surface area (Å²) in [6, 6.07) is 12.2. The molecular weight excluding hydrogens is 390 g/mol. The highest BCUT2D eigenvalue weighted by Crippen LogP contribution is 2.37. The van der Waals surface area contributed by atoms with Crippen LogP contribution < -0.4 is 4.74 Å². The summed E-state index contributed by atoms with van der Waals surface area (Å²) in [5.74, 6) is 0.309. The van der Waals surface area contributed by atoms with E-state index in [0.29, 0.717) is 13.1 Å². The van der Waals surface area contributed by atoms with Crippen LogP contribution in [0.3, 0.4) is 0 Å². The summed E-state index contributed by atoms with van der Waals surface area (Å²) in [6.45, 7) is 0.963. The van der Waals surface area contributed by atoms with Crippen LogP contribution in [0.5, 0.6) is 5.88 Å². The molecule has 0 spiro atoms. The quantitative estimate of drug-likeness (QED) is 0.769. The van der Waals surface area contributed by atoms with Crippen molar-refractivity contribution in [2.45, 2.75) is 42.8 Å². The van der Waals surface area contributed by atoms with Crippen LogP contribution in [-0.4, -0.2) is 53.7 Å². The number of hydrogen-bond acceptors (Lipinski definition) is 5. The van der Waals surface area contributed by atoms with Crippen LogP contribution in [0.4, 0.5) is 0 Å². The van der Waals surface area contributed by atoms with Gasteiger partial charge in [-0.15, -0.1) is 0 Å². The number of fused-ring (bicyclic) bond motifs is 2. The molecule has 1 aliphatic carbocycles. The molecule has 152 valence electrons. The minimum Gasteiger partial charge on any atom is -0.470 e. The second-order valence-electron chi connectivity index (χ2n) is 7.94. The van der Waals surface area contributed by atoms with Crippen molar-refractivity contribution >= 4 is 15.9 Å². The van der Waals surface area contributed by atoms with Crippen molar-refractivity contribution in [3.63, 3.8) is 0 Å². The summed E-state index contributed by atoms with van der Waals surface area (Å²) in [6.07, 6.45) is 4.01. The van der Waals surface area contributed by atoms with Gasteiger partial charge in [-0.2, -0.15) is 4.31 Å².